The minimum absolute atomic E-state index is 0.0434. The molecule has 0 N–H and O–H groups in total. The molecule has 0 aromatic heterocycles. The van der Waals surface area contributed by atoms with E-state index in [0.717, 1.165) is 17.3 Å². The molecular formula is C22H18ClFN2O4S2. The van der Waals surface area contributed by atoms with E-state index in [0.29, 0.717) is 47.0 Å². The largest absolute Gasteiger partial charge is 0.484 e. The van der Waals surface area contributed by atoms with Crippen LogP contribution in [0, 0.1) is 5.82 Å². The maximum absolute atomic E-state index is 13.4. The van der Waals surface area contributed by atoms with E-state index >= 15 is 0 Å². The fourth-order valence-electron chi connectivity index (χ4n) is 3.18. The zero-order valence-electron chi connectivity index (χ0n) is 16.8. The van der Waals surface area contributed by atoms with Crippen LogP contribution in [-0.4, -0.2) is 53.9 Å². The summed E-state index contributed by atoms with van der Waals surface area (Å²) < 4.78 is 24.6. The number of hydrogen-bond acceptors (Lipinski definition) is 6. The molecule has 4 rings (SSSR count). The van der Waals surface area contributed by atoms with Crippen molar-refractivity contribution < 1.29 is 23.5 Å². The van der Waals surface area contributed by atoms with E-state index in [1.807, 2.05) is 0 Å². The molecule has 0 spiro atoms. The second-order valence-electron chi connectivity index (χ2n) is 6.97. The number of nitrogens with zero attached hydrogens (tertiary/aromatic N) is 2. The van der Waals surface area contributed by atoms with Gasteiger partial charge in [0.15, 0.2) is 10.9 Å². The molecule has 2 aromatic rings. The third kappa shape index (κ3) is 5.12. The Hall–Kier alpha value is -2.46. The van der Waals surface area contributed by atoms with Crippen molar-refractivity contribution in [3.8, 4) is 5.75 Å². The number of hydrogen-bond donors (Lipinski definition) is 0. The van der Waals surface area contributed by atoms with Crippen LogP contribution in [0.25, 0.3) is 6.08 Å². The predicted molar refractivity (Wildman–Crippen MR) is 126 cm³/mol. The highest BCUT2D eigenvalue weighted by Crippen LogP contribution is 2.37. The summed E-state index contributed by atoms with van der Waals surface area (Å²) in [5, 5.41) is -0.0804. The first-order valence-electron chi connectivity index (χ1n) is 9.74. The first-order valence-corrected chi connectivity index (χ1v) is 11.3. The lowest BCUT2D eigenvalue weighted by Crippen LogP contribution is -2.42. The van der Waals surface area contributed by atoms with Crippen molar-refractivity contribution in [3.63, 3.8) is 0 Å². The Bertz CT molecular complexity index is 1090. The molecule has 2 heterocycles. The lowest BCUT2D eigenvalue weighted by atomic mass is 10.2. The van der Waals surface area contributed by atoms with E-state index in [-0.39, 0.29) is 23.4 Å². The average molecular weight is 493 g/mol. The van der Waals surface area contributed by atoms with Crippen LogP contribution >= 0.6 is 35.6 Å². The zero-order chi connectivity index (χ0) is 22.7. The van der Waals surface area contributed by atoms with Gasteiger partial charge in [0, 0.05) is 13.1 Å². The van der Waals surface area contributed by atoms with Gasteiger partial charge in [-0.3, -0.25) is 14.5 Å². The number of carbonyl (C=O) groups is 2. The fourth-order valence-corrected chi connectivity index (χ4v) is 4.65. The minimum atomic E-state index is -0.564. The van der Waals surface area contributed by atoms with Gasteiger partial charge in [-0.15, -0.1) is 0 Å². The smallest absolute Gasteiger partial charge is 0.270 e. The molecule has 6 nitrogen and oxygen atoms in total. The number of ether oxygens (including phenoxy) is 2. The van der Waals surface area contributed by atoms with Crippen LogP contribution in [0.1, 0.15) is 5.56 Å². The van der Waals surface area contributed by atoms with Gasteiger partial charge in [0.1, 0.15) is 11.6 Å². The minimum Gasteiger partial charge on any atom is -0.484 e. The number of rotatable bonds is 5. The van der Waals surface area contributed by atoms with Crippen LogP contribution in [0.2, 0.25) is 5.02 Å². The molecule has 32 heavy (non-hydrogen) atoms. The molecule has 0 aliphatic carbocycles. The summed E-state index contributed by atoms with van der Waals surface area (Å²) in [6.07, 6.45) is 1.72. The quantitative estimate of drug-likeness (QED) is 0.462. The predicted octanol–water partition coefficient (Wildman–Crippen LogP) is 4.12. The summed E-state index contributed by atoms with van der Waals surface area (Å²) in [5.74, 6) is -0.399. The van der Waals surface area contributed by atoms with Crippen molar-refractivity contribution in [1.82, 2.24) is 4.90 Å². The SMILES string of the molecule is O=C(COc1ccc(/C=C2/SC(=S)N(c3ccc(F)c(Cl)c3)C2=O)cc1)N1CCOCC1. The van der Waals surface area contributed by atoms with Gasteiger partial charge in [0.25, 0.3) is 11.8 Å². The standard InChI is InChI=1S/C22H18ClFN2O4S2/c23-17-12-15(3-6-18(17)24)26-21(28)19(32-22(26)31)11-14-1-4-16(5-2-14)30-13-20(27)25-7-9-29-10-8-25/h1-6,11-12H,7-10,13H2/b19-11+. The first kappa shape index (κ1) is 22.7. The van der Waals surface area contributed by atoms with E-state index in [4.69, 9.17) is 33.3 Å². The fraction of sp³-hybridized carbons (Fsp3) is 0.227. The molecule has 2 fully saturated rings. The number of benzene rings is 2. The molecule has 10 heteroatoms. The number of thiocarbonyl (C=S) groups is 1. The third-order valence-electron chi connectivity index (χ3n) is 4.86. The molecule has 0 saturated carbocycles. The van der Waals surface area contributed by atoms with Gasteiger partial charge >= 0.3 is 0 Å². The van der Waals surface area contributed by atoms with Crippen molar-refractivity contribution in [2.75, 3.05) is 37.8 Å². The molecule has 2 amide bonds. The van der Waals surface area contributed by atoms with Crippen LogP contribution in [-0.2, 0) is 14.3 Å². The van der Waals surface area contributed by atoms with Gasteiger partial charge in [-0.1, -0.05) is 47.7 Å². The van der Waals surface area contributed by atoms with E-state index in [1.165, 1.54) is 23.1 Å². The lowest BCUT2D eigenvalue weighted by Gasteiger charge is -2.26. The highest BCUT2D eigenvalue weighted by Gasteiger charge is 2.33. The Morgan fingerprint density at radius 3 is 2.62 bits per heavy atom. The highest BCUT2D eigenvalue weighted by atomic mass is 35.5. The lowest BCUT2D eigenvalue weighted by molar-refractivity contribution is -0.137. The molecule has 0 atom stereocenters. The number of amides is 2. The molecule has 166 valence electrons. The summed E-state index contributed by atoms with van der Waals surface area (Å²) in [5.41, 5.74) is 1.19. The van der Waals surface area contributed by atoms with Crippen LogP contribution in [0.5, 0.6) is 5.75 Å². The zero-order valence-corrected chi connectivity index (χ0v) is 19.1. The number of anilines is 1. The summed E-state index contributed by atoms with van der Waals surface area (Å²) in [6, 6.07) is 11.1. The second-order valence-corrected chi connectivity index (χ2v) is 9.05. The topological polar surface area (TPSA) is 59.1 Å². The van der Waals surface area contributed by atoms with Gasteiger partial charge < -0.3 is 14.4 Å². The Morgan fingerprint density at radius 2 is 1.94 bits per heavy atom. The molecular weight excluding hydrogens is 475 g/mol. The van der Waals surface area contributed by atoms with Crippen molar-refractivity contribution >= 4 is 63.5 Å². The maximum Gasteiger partial charge on any atom is 0.270 e. The second kappa shape index (κ2) is 9.99. The van der Waals surface area contributed by atoms with Crippen molar-refractivity contribution in [2.24, 2.45) is 0 Å². The molecule has 0 unspecified atom stereocenters. The van der Waals surface area contributed by atoms with Crippen molar-refractivity contribution in [2.45, 2.75) is 0 Å². The Kier molecular flexibility index (Phi) is 7.10. The Labute approximate surface area is 198 Å². The Balaban J connectivity index is 1.40. The normalized spacial score (nSPS) is 17.9. The van der Waals surface area contributed by atoms with E-state index in [1.54, 1.807) is 35.2 Å². The average Bonchev–Trinajstić information content (AvgIpc) is 3.08. The Morgan fingerprint density at radius 1 is 1.22 bits per heavy atom. The van der Waals surface area contributed by atoms with E-state index < -0.39 is 5.82 Å². The van der Waals surface area contributed by atoms with Crippen LogP contribution in [0.4, 0.5) is 10.1 Å². The molecule has 0 radical (unpaired) electrons. The van der Waals surface area contributed by atoms with Gasteiger partial charge in [-0.05, 0) is 42.0 Å². The third-order valence-corrected chi connectivity index (χ3v) is 6.45. The van der Waals surface area contributed by atoms with E-state index in [2.05, 4.69) is 0 Å². The molecule has 2 aliphatic rings. The monoisotopic (exact) mass is 492 g/mol. The van der Waals surface area contributed by atoms with Crippen molar-refractivity contribution in [1.29, 1.82) is 0 Å². The highest BCUT2D eigenvalue weighted by molar-refractivity contribution is 8.27. The molecule has 0 bridgehead atoms. The molecule has 2 aliphatic heterocycles. The van der Waals surface area contributed by atoms with Crippen molar-refractivity contribution in [3.05, 3.63) is 63.8 Å². The van der Waals surface area contributed by atoms with Gasteiger partial charge in [-0.2, -0.15) is 0 Å². The van der Waals surface area contributed by atoms with Gasteiger partial charge in [-0.25, -0.2) is 4.39 Å². The van der Waals surface area contributed by atoms with Crippen LogP contribution in [0.15, 0.2) is 47.4 Å². The van der Waals surface area contributed by atoms with Gasteiger partial charge in [0.05, 0.1) is 28.8 Å². The number of thioether (sulfide) groups is 1. The summed E-state index contributed by atoms with van der Waals surface area (Å²) in [7, 11) is 0. The maximum atomic E-state index is 13.4. The van der Waals surface area contributed by atoms with Gasteiger partial charge in [0.2, 0.25) is 0 Å². The number of morpholine rings is 1. The first-order chi connectivity index (χ1) is 15.4. The summed E-state index contributed by atoms with van der Waals surface area (Å²) in [4.78, 5) is 28.5. The number of halogens is 2. The molecule has 2 saturated heterocycles. The number of carbonyl (C=O) groups excluding carboxylic acids is 2. The summed E-state index contributed by atoms with van der Waals surface area (Å²) >= 11 is 12.3. The van der Waals surface area contributed by atoms with Crippen LogP contribution < -0.4 is 9.64 Å². The summed E-state index contributed by atoms with van der Waals surface area (Å²) in [6.45, 7) is 2.19. The molecule has 2 aromatic carbocycles. The van der Waals surface area contributed by atoms with E-state index in [9.17, 15) is 14.0 Å². The van der Waals surface area contributed by atoms with Crippen LogP contribution in [0.3, 0.4) is 0 Å².